The van der Waals surface area contributed by atoms with E-state index in [4.69, 9.17) is 0 Å². The summed E-state index contributed by atoms with van der Waals surface area (Å²) in [4.78, 5) is 0. The molecule has 244 valence electrons. The predicted octanol–water partition coefficient (Wildman–Crippen LogP) is 5.58. The summed E-state index contributed by atoms with van der Waals surface area (Å²) in [6.07, 6.45) is 33.1. The Morgan fingerprint density at radius 3 is 1.71 bits per heavy atom. The van der Waals surface area contributed by atoms with Gasteiger partial charge in [-0.05, 0) is 0 Å². The van der Waals surface area contributed by atoms with E-state index < -0.39 is 21.3 Å². The third-order valence-corrected chi connectivity index (χ3v) is 25.2. The van der Waals surface area contributed by atoms with Gasteiger partial charge in [-0.25, -0.2) is 0 Å². The molecule has 6 rings (SSSR count). The Bertz CT molecular complexity index is 1570. The van der Waals surface area contributed by atoms with Crippen LogP contribution in [0.2, 0.25) is 3.63 Å². The molecule has 2 fully saturated rings. The summed E-state index contributed by atoms with van der Waals surface area (Å²) in [7, 11) is 0. The standard InChI is InChI=1S/C29H37.C10H15.C3H6.2ClH.Zr/c1-21-14-13-15-22-20-27(6)25(4)18-10-9-16-23(25,2)24(3)17-11-12-19-26(24,5)29(27,8)28(21,22)7;1-8-5-6-9(7-8)10(2,3)4;1-3-2;;;/h9-20,22H,1-8H3;6-8H,1-4H3;1-2H3;2*1H;/q;;;;;+2/p-2. The Kier molecular flexibility index (Phi) is 8.96. The van der Waals surface area contributed by atoms with Crippen LogP contribution in [0.5, 0.6) is 0 Å². The number of hydrogen-bond donors (Lipinski definition) is 0. The second-order valence-electron chi connectivity index (χ2n) is 17.7. The van der Waals surface area contributed by atoms with Gasteiger partial charge in [-0.1, -0.05) is 0 Å². The number of allylic oxidation sites excluding steroid dienone is 16. The molecule has 0 amide bonds. The Morgan fingerprint density at radius 1 is 0.733 bits per heavy atom. The third kappa shape index (κ3) is 3.85. The van der Waals surface area contributed by atoms with E-state index in [2.05, 4.69) is 176 Å². The molecule has 0 aliphatic heterocycles. The molecule has 0 aromatic heterocycles. The number of halogens is 2. The van der Waals surface area contributed by atoms with Crippen LogP contribution in [-0.2, 0) is 21.3 Å². The van der Waals surface area contributed by atoms with Crippen molar-refractivity contribution in [3.8, 4) is 0 Å². The molecule has 0 N–H and O–H groups in total. The van der Waals surface area contributed by atoms with Crippen molar-refractivity contribution in [2.45, 2.75) is 101 Å². The van der Waals surface area contributed by atoms with Crippen molar-refractivity contribution < 1.29 is 46.1 Å². The Balaban J connectivity index is 0.00000230. The summed E-state index contributed by atoms with van der Waals surface area (Å²) in [5, 5.41) is 0. The molecule has 0 saturated heterocycles. The molecule has 0 bridgehead atoms. The SMILES string of the molecule is CC1=CC=CC2[CH]([Zr+2]([C]3=CC(C(C)(C)C)=CC3C)=[C](C)C)C3(C)C4(C)C=CC=CC4(C)C4(C)C=CC=CC4(C)C3(C)C12C.[Cl-].[Cl-]. The van der Waals surface area contributed by atoms with E-state index in [0.717, 1.165) is 0 Å². The zero-order valence-corrected chi connectivity index (χ0v) is 34.5. The van der Waals surface area contributed by atoms with Crippen LogP contribution in [0, 0.1) is 55.2 Å². The van der Waals surface area contributed by atoms with Crippen molar-refractivity contribution in [1.82, 2.24) is 0 Å². The minimum Gasteiger partial charge on any atom is -1.00 e. The number of fused-ring (bicyclic) bond motifs is 8. The maximum atomic E-state index is 2.81. The second-order valence-corrected chi connectivity index (χ2v) is 25.1. The predicted molar refractivity (Wildman–Crippen MR) is 185 cm³/mol. The summed E-state index contributed by atoms with van der Waals surface area (Å²) in [5.74, 6) is 1.05. The Morgan fingerprint density at radius 2 is 1.22 bits per heavy atom. The average molecular weight is 725 g/mol. The summed E-state index contributed by atoms with van der Waals surface area (Å²) in [6, 6.07) is 0. The summed E-state index contributed by atoms with van der Waals surface area (Å²) < 4.78 is 4.24. The average Bonchev–Trinajstić information content (AvgIpc) is 3.38. The molecule has 0 spiro atoms. The molecule has 10 unspecified atom stereocenters. The van der Waals surface area contributed by atoms with Crippen molar-refractivity contribution >= 4 is 3.21 Å². The van der Waals surface area contributed by atoms with E-state index >= 15 is 0 Å². The van der Waals surface area contributed by atoms with Gasteiger partial charge < -0.3 is 24.8 Å². The van der Waals surface area contributed by atoms with Crippen LogP contribution in [0.15, 0.2) is 93.4 Å². The molecule has 45 heavy (non-hydrogen) atoms. The van der Waals surface area contributed by atoms with Crippen molar-refractivity contribution in [3.05, 3.63) is 93.4 Å². The molecular weight excluding hydrogens is 667 g/mol. The number of rotatable bonds is 2. The van der Waals surface area contributed by atoms with Crippen molar-refractivity contribution in [3.63, 3.8) is 0 Å². The topological polar surface area (TPSA) is 0 Å². The van der Waals surface area contributed by atoms with Crippen molar-refractivity contribution in [1.29, 1.82) is 0 Å². The third-order valence-electron chi connectivity index (χ3n) is 15.8. The van der Waals surface area contributed by atoms with Crippen LogP contribution in [0.1, 0.15) is 96.9 Å². The van der Waals surface area contributed by atoms with E-state index in [9.17, 15) is 0 Å². The molecule has 0 aromatic rings. The van der Waals surface area contributed by atoms with E-state index in [0.29, 0.717) is 15.5 Å². The van der Waals surface area contributed by atoms with Crippen molar-refractivity contribution in [2.75, 3.05) is 0 Å². The van der Waals surface area contributed by atoms with Gasteiger partial charge in [0.1, 0.15) is 0 Å². The van der Waals surface area contributed by atoms with Gasteiger partial charge in [-0.15, -0.1) is 0 Å². The molecule has 3 heteroatoms. The van der Waals surface area contributed by atoms with E-state index in [1.165, 1.54) is 0 Å². The molecule has 0 heterocycles. The molecule has 10 atom stereocenters. The summed E-state index contributed by atoms with van der Waals surface area (Å²) >= 11 is -2.50. The fraction of sp³-hybridized carbons (Fsp3) is 0.595. The first-order valence-corrected chi connectivity index (χ1v) is 20.8. The number of hydrogen-bond acceptors (Lipinski definition) is 0. The van der Waals surface area contributed by atoms with Gasteiger partial charge in [0.05, 0.1) is 0 Å². The smallest absolute Gasteiger partial charge is 1.00 e. The van der Waals surface area contributed by atoms with Gasteiger partial charge in [-0.2, -0.15) is 0 Å². The fourth-order valence-corrected chi connectivity index (χ4v) is 23.3. The molecule has 0 radical (unpaired) electrons. The van der Waals surface area contributed by atoms with Gasteiger partial charge in [0, 0.05) is 0 Å². The van der Waals surface area contributed by atoms with Crippen LogP contribution in [0.25, 0.3) is 0 Å². The first kappa shape index (κ1) is 37.1. The van der Waals surface area contributed by atoms with Crippen LogP contribution in [-0.4, -0.2) is 3.21 Å². The van der Waals surface area contributed by atoms with Crippen LogP contribution < -0.4 is 24.8 Å². The minimum absolute atomic E-state index is 0. The zero-order valence-electron chi connectivity index (χ0n) is 30.5. The second kappa shape index (κ2) is 10.9. The first-order chi connectivity index (χ1) is 19.7. The first-order valence-electron chi connectivity index (χ1n) is 17.0. The van der Waals surface area contributed by atoms with Gasteiger partial charge in [-0.3, -0.25) is 0 Å². The zero-order chi connectivity index (χ0) is 31.8. The van der Waals surface area contributed by atoms with E-state index in [1.807, 2.05) is 3.28 Å². The van der Waals surface area contributed by atoms with Crippen LogP contribution in [0.4, 0.5) is 0 Å². The minimum atomic E-state index is -2.50. The van der Waals surface area contributed by atoms with Gasteiger partial charge in [0.25, 0.3) is 0 Å². The fourth-order valence-electron chi connectivity index (χ4n) is 12.5. The van der Waals surface area contributed by atoms with Crippen LogP contribution in [0.3, 0.4) is 0 Å². The quantitative estimate of drug-likeness (QED) is 0.350. The maximum Gasteiger partial charge on any atom is -1.00 e. The Hall–Kier alpha value is -0.747. The van der Waals surface area contributed by atoms with Gasteiger partial charge >= 0.3 is 274 Å². The largest absolute Gasteiger partial charge is 1.00 e. The Labute approximate surface area is 296 Å². The van der Waals surface area contributed by atoms with Gasteiger partial charge in [0.2, 0.25) is 0 Å². The maximum absolute atomic E-state index is 2.81. The van der Waals surface area contributed by atoms with Gasteiger partial charge in [0.15, 0.2) is 0 Å². The van der Waals surface area contributed by atoms with E-state index in [-0.39, 0.29) is 68.1 Å². The summed E-state index contributed by atoms with van der Waals surface area (Å²) in [5.41, 5.74) is 3.24. The molecule has 0 aromatic carbocycles. The monoisotopic (exact) mass is 722 g/mol. The van der Waals surface area contributed by atoms with Crippen LogP contribution >= 0.6 is 0 Å². The molecule has 0 nitrogen and oxygen atoms in total. The molecular formula is C42H58Cl2Zr. The summed E-state index contributed by atoms with van der Waals surface area (Å²) in [6.45, 7) is 36.1. The normalized spacial score (nSPS) is 46.7. The molecule has 2 saturated carbocycles. The molecule has 6 aliphatic rings. The van der Waals surface area contributed by atoms with E-state index in [1.54, 1.807) is 14.4 Å². The van der Waals surface area contributed by atoms with Crippen molar-refractivity contribution in [2.24, 2.45) is 55.2 Å². The molecule has 6 aliphatic carbocycles.